The highest BCUT2D eigenvalue weighted by Crippen LogP contribution is 2.21. The number of halogens is 3. The van der Waals surface area contributed by atoms with Gasteiger partial charge in [0.15, 0.2) is 0 Å². The summed E-state index contributed by atoms with van der Waals surface area (Å²) >= 11 is 0. The lowest BCUT2D eigenvalue weighted by atomic mass is 10.2. The van der Waals surface area contributed by atoms with Crippen LogP contribution in [-0.2, 0) is 6.54 Å². The second-order valence-electron chi connectivity index (χ2n) is 5.35. The number of amides is 1. The van der Waals surface area contributed by atoms with Crippen molar-refractivity contribution in [1.29, 1.82) is 0 Å². The topological polar surface area (TPSA) is 56.2 Å². The molecule has 1 amide bonds. The Morgan fingerprint density at radius 2 is 1.88 bits per heavy atom. The van der Waals surface area contributed by atoms with Gasteiger partial charge in [-0.1, -0.05) is 30.3 Å². The minimum atomic E-state index is -3.03. The summed E-state index contributed by atoms with van der Waals surface area (Å²) in [6.45, 7) is -2.85. The molecule has 0 aliphatic heterocycles. The fraction of sp³-hybridized carbons (Fsp3) is 0.111. The van der Waals surface area contributed by atoms with E-state index in [-0.39, 0.29) is 23.7 Å². The lowest BCUT2D eigenvalue weighted by Gasteiger charge is -2.09. The normalized spacial score (nSPS) is 10.8. The molecule has 2 aromatic carbocycles. The molecular weight excluding hydrogens is 347 g/mol. The first-order valence-corrected chi connectivity index (χ1v) is 7.64. The van der Waals surface area contributed by atoms with Gasteiger partial charge in [0.25, 0.3) is 5.91 Å². The average molecular weight is 361 g/mol. The number of anilines is 1. The number of alkyl halides is 2. The first-order chi connectivity index (χ1) is 12.5. The van der Waals surface area contributed by atoms with E-state index in [4.69, 9.17) is 0 Å². The second-order valence-corrected chi connectivity index (χ2v) is 5.35. The van der Waals surface area contributed by atoms with Crippen molar-refractivity contribution in [3.05, 3.63) is 77.9 Å². The number of rotatable bonds is 6. The van der Waals surface area contributed by atoms with Gasteiger partial charge >= 0.3 is 6.61 Å². The molecule has 3 aromatic rings. The third-order valence-corrected chi connectivity index (χ3v) is 3.53. The number of nitrogens with zero attached hydrogens (tertiary/aromatic N) is 2. The number of carbonyl (C=O) groups is 1. The fourth-order valence-corrected chi connectivity index (χ4v) is 2.37. The molecular formula is C18H14F3N3O2. The summed E-state index contributed by atoms with van der Waals surface area (Å²) in [4.78, 5) is 12.3. The summed E-state index contributed by atoms with van der Waals surface area (Å²) in [7, 11) is 0. The van der Waals surface area contributed by atoms with Crippen molar-refractivity contribution in [3.8, 4) is 5.75 Å². The molecule has 1 N–H and O–H groups in total. The van der Waals surface area contributed by atoms with Gasteiger partial charge in [0.2, 0.25) is 0 Å². The van der Waals surface area contributed by atoms with Crippen LogP contribution in [0.2, 0.25) is 0 Å². The maximum atomic E-state index is 13.7. The number of hydrogen-bond acceptors (Lipinski definition) is 3. The van der Waals surface area contributed by atoms with Gasteiger partial charge in [-0.05, 0) is 18.2 Å². The van der Waals surface area contributed by atoms with Crippen LogP contribution in [0.3, 0.4) is 0 Å². The van der Waals surface area contributed by atoms with Gasteiger partial charge in [0, 0.05) is 11.8 Å². The molecule has 0 aliphatic carbocycles. The molecule has 0 unspecified atom stereocenters. The third-order valence-electron chi connectivity index (χ3n) is 3.53. The molecule has 0 aliphatic rings. The molecule has 1 aromatic heterocycles. The van der Waals surface area contributed by atoms with Gasteiger partial charge in [-0.15, -0.1) is 0 Å². The van der Waals surface area contributed by atoms with Crippen molar-refractivity contribution in [3.63, 3.8) is 0 Å². The smallest absolute Gasteiger partial charge is 0.387 e. The molecule has 0 atom stereocenters. The molecule has 0 saturated heterocycles. The third kappa shape index (κ3) is 4.21. The molecule has 0 radical (unpaired) electrons. The zero-order valence-electron chi connectivity index (χ0n) is 13.4. The van der Waals surface area contributed by atoms with Crippen molar-refractivity contribution in [2.45, 2.75) is 13.2 Å². The van der Waals surface area contributed by atoms with E-state index in [2.05, 4.69) is 15.2 Å². The Hall–Kier alpha value is -3.29. The maximum Gasteiger partial charge on any atom is 0.387 e. The monoisotopic (exact) mass is 361 g/mol. The predicted octanol–water partition coefficient (Wildman–Crippen LogP) is 3.92. The molecule has 1 heterocycles. The van der Waals surface area contributed by atoms with E-state index in [0.717, 1.165) is 0 Å². The number of carbonyl (C=O) groups excluding carboxylic acids is 1. The Morgan fingerprint density at radius 1 is 1.15 bits per heavy atom. The summed E-state index contributed by atoms with van der Waals surface area (Å²) in [5.41, 5.74) is 0.761. The maximum absolute atomic E-state index is 13.7. The molecule has 0 bridgehead atoms. The fourth-order valence-electron chi connectivity index (χ4n) is 2.37. The van der Waals surface area contributed by atoms with Gasteiger partial charge in [-0.25, -0.2) is 4.39 Å². The molecule has 134 valence electrons. The Bertz CT molecular complexity index is 912. The molecule has 5 nitrogen and oxygen atoms in total. The van der Waals surface area contributed by atoms with Crippen LogP contribution in [0.15, 0.2) is 60.9 Å². The van der Waals surface area contributed by atoms with Crippen LogP contribution >= 0.6 is 0 Å². The quantitative estimate of drug-likeness (QED) is 0.724. The standard InChI is InChI=1S/C18H14F3N3O2/c19-15-7-3-1-5-12(15)10-24-11-13(9-22-24)23-17(25)14-6-2-4-8-16(14)26-18(20)21/h1-9,11,18H,10H2,(H,23,25). The lowest BCUT2D eigenvalue weighted by Crippen LogP contribution is -2.14. The lowest BCUT2D eigenvalue weighted by molar-refractivity contribution is -0.0501. The summed E-state index contributed by atoms with van der Waals surface area (Å²) in [6, 6.07) is 12.0. The van der Waals surface area contributed by atoms with E-state index in [0.29, 0.717) is 11.3 Å². The van der Waals surface area contributed by atoms with E-state index in [9.17, 15) is 18.0 Å². The number of nitrogens with one attached hydrogen (secondary N) is 1. The predicted molar refractivity (Wildman–Crippen MR) is 88.8 cm³/mol. The van der Waals surface area contributed by atoms with Crippen molar-refractivity contribution >= 4 is 11.6 Å². The minimum Gasteiger partial charge on any atom is -0.434 e. The van der Waals surface area contributed by atoms with Gasteiger partial charge in [-0.3, -0.25) is 9.48 Å². The largest absolute Gasteiger partial charge is 0.434 e. The highest BCUT2D eigenvalue weighted by Gasteiger charge is 2.16. The van der Waals surface area contributed by atoms with E-state index in [1.165, 1.54) is 47.4 Å². The van der Waals surface area contributed by atoms with E-state index in [1.807, 2.05) is 0 Å². The summed E-state index contributed by atoms with van der Waals surface area (Å²) in [6.07, 6.45) is 2.90. The zero-order valence-corrected chi connectivity index (χ0v) is 13.4. The number of para-hydroxylation sites is 1. The highest BCUT2D eigenvalue weighted by atomic mass is 19.3. The number of aromatic nitrogens is 2. The Labute approximate surface area is 147 Å². The summed E-state index contributed by atoms with van der Waals surface area (Å²) in [5, 5.41) is 6.61. The Kier molecular flexibility index (Phi) is 5.21. The SMILES string of the molecule is O=C(Nc1cnn(Cc2ccccc2F)c1)c1ccccc1OC(F)F. The van der Waals surface area contributed by atoms with E-state index in [1.54, 1.807) is 18.2 Å². The van der Waals surface area contributed by atoms with Crippen molar-refractivity contribution in [2.24, 2.45) is 0 Å². The molecule has 0 saturated carbocycles. The average Bonchev–Trinajstić information content (AvgIpc) is 3.04. The van der Waals surface area contributed by atoms with E-state index >= 15 is 0 Å². The summed E-state index contributed by atoms with van der Waals surface area (Å²) < 4.78 is 44.3. The number of ether oxygens (including phenoxy) is 1. The Morgan fingerprint density at radius 3 is 2.65 bits per heavy atom. The van der Waals surface area contributed by atoms with Crippen molar-refractivity contribution < 1.29 is 22.7 Å². The number of hydrogen-bond donors (Lipinski definition) is 1. The van der Waals surface area contributed by atoms with Crippen molar-refractivity contribution in [2.75, 3.05) is 5.32 Å². The van der Waals surface area contributed by atoms with Crippen LogP contribution in [0.1, 0.15) is 15.9 Å². The van der Waals surface area contributed by atoms with Gasteiger partial charge in [0.05, 0.1) is 24.0 Å². The van der Waals surface area contributed by atoms with Crippen LogP contribution in [0.4, 0.5) is 18.9 Å². The van der Waals surface area contributed by atoms with Gasteiger partial charge in [-0.2, -0.15) is 13.9 Å². The molecule has 0 fully saturated rings. The first kappa shape index (κ1) is 17.5. The van der Waals surface area contributed by atoms with Gasteiger partial charge in [0.1, 0.15) is 11.6 Å². The van der Waals surface area contributed by atoms with E-state index < -0.39 is 12.5 Å². The van der Waals surface area contributed by atoms with Crippen LogP contribution < -0.4 is 10.1 Å². The van der Waals surface area contributed by atoms with Crippen molar-refractivity contribution in [1.82, 2.24) is 9.78 Å². The van der Waals surface area contributed by atoms with Crippen LogP contribution in [-0.4, -0.2) is 22.3 Å². The highest BCUT2D eigenvalue weighted by molar-refractivity contribution is 6.06. The molecule has 3 rings (SSSR count). The Balaban J connectivity index is 1.71. The molecule has 26 heavy (non-hydrogen) atoms. The molecule has 8 heteroatoms. The second kappa shape index (κ2) is 7.73. The summed E-state index contributed by atoms with van der Waals surface area (Å²) in [5.74, 6) is -1.20. The zero-order chi connectivity index (χ0) is 18.5. The van der Waals surface area contributed by atoms with Crippen LogP contribution in [0, 0.1) is 5.82 Å². The van der Waals surface area contributed by atoms with Gasteiger partial charge < -0.3 is 10.1 Å². The first-order valence-electron chi connectivity index (χ1n) is 7.64. The number of benzene rings is 2. The molecule has 0 spiro atoms. The van der Waals surface area contributed by atoms with Crippen LogP contribution in [0.5, 0.6) is 5.75 Å². The minimum absolute atomic E-state index is 0.0327. The van der Waals surface area contributed by atoms with Crippen LogP contribution in [0.25, 0.3) is 0 Å².